The van der Waals surface area contributed by atoms with Crippen molar-refractivity contribution in [3.05, 3.63) is 88.8 Å². The maximum absolute atomic E-state index is 13.3. The molecule has 0 spiro atoms. The van der Waals surface area contributed by atoms with Gasteiger partial charge in [-0.1, -0.05) is 28.9 Å². The molecule has 3 rings (SSSR count). The van der Waals surface area contributed by atoms with Crippen molar-refractivity contribution in [2.75, 3.05) is 10.8 Å². The molecule has 0 aliphatic heterocycles. The Hall–Kier alpha value is -3.10. The van der Waals surface area contributed by atoms with E-state index >= 15 is 0 Å². The van der Waals surface area contributed by atoms with Gasteiger partial charge in [-0.05, 0) is 56.3 Å². The first kappa shape index (κ1) is 22.6. The van der Waals surface area contributed by atoms with Crippen molar-refractivity contribution in [1.82, 2.24) is 5.16 Å². The zero-order chi connectivity index (χ0) is 22.6. The van der Waals surface area contributed by atoms with E-state index in [1.165, 1.54) is 34.6 Å². The lowest BCUT2D eigenvalue weighted by Crippen LogP contribution is -2.31. The molecule has 0 atom stereocenters. The van der Waals surface area contributed by atoms with Gasteiger partial charge in [-0.2, -0.15) is 0 Å². The SMILES string of the molecule is C=CCN(c1ccc(Cl)cc1)S(=O)(=O)c1cccc(C(=O)OCc2c(C)noc2C)c1. The van der Waals surface area contributed by atoms with Crippen LogP contribution in [0.4, 0.5) is 5.69 Å². The van der Waals surface area contributed by atoms with Crippen LogP contribution >= 0.6 is 11.6 Å². The topological polar surface area (TPSA) is 89.7 Å². The lowest BCUT2D eigenvalue weighted by atomic mass is 10.2. The Morgan fingerprint density at radius 1 is 1.23 bits per heavy atom. The number of esters is 1. The quantitative estimate of drug-likeness (QED) is 0.358. The minimum atomic E-state index is -3.97. The van der Waals surface area contributed by atoms with E-state index in [2.05, 4.69) is 11.7 Å². The number of aryl methyl sites for hydroxylation is 2. The summed E-state index contributed by atoms with van der Waals surface area (Å²) in [6.45, 7) is 7.13. The molecule has 0 saturated heterocycles. The Bertz CT molecular complexity index is 1180. The molecule has 31 heavy (non-hydrogen) atoms. The highest BCUT2D eigenvalue weighted by molar-refractivity contribution is 7.92. The summed E-state index contributed by atoms with van der Waals surface area (Å²) in [4.78, 5) is 12.5. The monoisotopic (exact) mass is 460 g/mol. The highest BCUT2D eigenvalue weighted by Crippen LogP contribution is 2.26. The molecular formula is C22H21ClN2O5S. The van der Waals surface area contributed by atoms with Gasteiger partial charge < -0.3 is 9.26 Å². The summed E-state index contributed by atoms with van der Waals surface area (Å²) < 4.78 is 38.1. The molecule has 2 aromatic carbocycles. The molecule has 0 saturated carbocycles. The van der Waals surface area contributed by atoms with Crippen LogP contribution in [0.3, 0.4) is 0 Å². The lowest BCUT2D eigenvalue weighted by molar-refractivity contribution is 0.0470. The van der Waals surface area contributed by atoms with E-state index in [9.17, 15) is 13.2 Å². The van der Waals surface area contributed by atoms with Gasteiger partial charge in [-0.15, -0.1) is 6.58 Å². The van der Waals surface area contributed by atoms with Crippen LogP contribution in [0.25, 0.3) is 0 Å². The van der Waals surface area contributed by atoms with E-state index in [1.807, 2.05) is 0 Å². The molecule has 0 unspecified atom stereocenters. The Kier molecular flexibility index (Phi) is 6.82. The second-order valence-electron chi connectivity index (χ2n) is 6.71. The molecule has 3 aromatic rings. The van der Waals surface area contributed by atoms with Crippen LogP contribution in [-0.4, -0.2) is 26.1 Å². The van der Waals surface area contributed by atoms with Gasteiger partial charge in [0, 0.05) is 5.02 Å². The second kappa shape index (κ2) is 9.36. The summed E-state index contributed by atoms with van der Waals surface area (Å²) in [6.07, 6.45) is 1.48. The van der Waals surface area contributed by atoms with Crippen molar-refractivity contribution >= 4 is 33.3 Å². The Labute approximate surface area is 185 Å². The highest BCUT2D eigenvalue weighted by atomic mass is 35.5. The molecular weight excluding hydrogens is 440 g/mol. The fourth-order valence-corrected chi connectivity index (χ4v) is 4.51. The average molecular weight is 461 g/mol. The van der Waals surface area contributed by atoms with Crippen molar-refractivity contribution in [2.45, 2.75) is 25.3 Å². The molecule has 0 bridgehead atoms. The number of benzene rings is 2. The first-order valence-corrected chi connectivity index (χ1v) is 11.1. The largest absolute Gasteiger partial charge is 0.457 e. The molecule has 0 amide bonds. The number of halogens is 1. The molecule has 0 radical (unpaired) electrons. The van der Waals surface area contributed by atoms with Crippen LogP contribution in [0.5, 0.6) is 0 Å². The normalized spacial score (nSPS) is 11.2. The van der Waals surface area contributed by atoms with Gasteiger partial charge in [0.2, 0.25) is 0 Å². The molecule has 9 heteroatoms. The maximum Gasteiger partial charge on any atom is 0.338 e. The van der Waals surface area contributed by atoms with Gasteiger partial charge in [0.25, 0.3) is 10.0 Å². The number of carbonyl (C=O) groups is 1. The molecule has 162 valence electrons. The van der Waals surface area contributed by atoms with E-state index in [-0.39, 0.29) is 23.6 Å². The predicted molar refractivity (Wildman–Crippen MR) is 118 cm³/mol. The third-order valence-corrected chi connectivity index (χ3v) is 6.64. The second-order valence-corrected chi connectivity index (χ2v) is 9.01. The van der Waals surface area contributed by atoms with Gasteiger partial charge >= 0.3 is 5.97 Å². The van der Waals surface area contributed by atoms with E-state index in [1.54, 1.807) is 38.1 Å². The van der Waals surface area contributed by atoms with E-state index < -0.39 is 16.0 Å². The molecule has 1 aromatic heterocycles. The van der Waals surface area contributed by atoms with Crippen molar-refractivity contribution in [3.8, 4) is 0 Å². The van der Waals surface area contributed by atoms with Crippen LogP contribution in [-0.2, 0) is 21.4 Å². The standard InChI is InChI=1S/C22H21ClN2O5S/c1-4-12-25(19-10-8-18(23)9-11-19)31(27,28)20-7-5-6-17(13-20)22(26)29-14-21-15(2)24-30-16(21)3/h4-11,13H,1,12,14H2,2-3H3. The molecule has 7 nitrogen and oxygen atoms in total. The van der Waals surface area contributed by atoms with E-state index in [0.29, 0.717) is 27.7 Å². The maximum atomic E-state index is 13.3. The molecule has 1 heterocycles. The zero-order valence-electron chi connectivity index (χ0n) is 17.0. The number of carbonyl (C=O) groups excluding carboxylic acids is 1. The third kappa shape index (κ3) is 4.98. The Balaban J connectivity index is 1.86. The summed E-state index contributed by atoms with van der Waals surface area (Å²) in [5.74, 6) is -0.0940. The summed E-state index contributed by atoms with van der Waals surface area (Å²) in [5, 5.41) is 4.31. The van der Waals surface area contributed by atoms with E-state index in [4.69, 9.17) is 20.9 Å². The number of anilines is 1. The van der Waals surface area contributed by atoms with Gasteiger partial charge in [-0.3, -0.25) is 4.31 Å². The summed E-state index contributed by atoms with van der Waals surface area (Å²) >= 11 is 5.92. The van der Waals surface area contributed by atoms with Crippen LogP contribution < -0.4 is 4.31 Å². The van der Waals surface area contributed by atoms with Gasteiger partial charge in [-0.25, -0.2) is 13.2 Å². The summed E-state index contributed by atoms with van der Waals surface area (Å²) in [5.41, 5.74) is 1.85. The lowest BCUT2D eigenvalue weighted by Gasteiger charge is -2.23. The smallest absolute Gasteiger partial charge is 0.338 e. The van der Waals surface area contributed by atoms with Gasteiger partial charge in [0.15, 0.2) is 0 Å². The number of aromatic nitrogens is 1. The van der Waals surface area contributed by atoms with Crippen LogP contribution in [0.2, 0.25) is 5.02 Å². The molecule has 0 aliphatic rings. The highest BCUT2D eigenvalue weighted by Gasteiger charge is 2.25. The van der Waals surface area contributed by atoms with Crippen molar-refractivity contribution in [3.63, 3.8) is 0 Å². The van der Waals surface area contributed by atoms with Gasteiger partial charge in [0.05, 0.1) is 33.9 Å². The number of hydrogen-bond acceptors (Lipinski definition) is 6. The van der Waals surface area contributed by atoms with Crippen LogP contribution in [0, 0.1) is 13.8 Å². The summed E-state index contributed by atoms with van der Waals surface area (Å²) in [6, 6.07) is 12.1. The minimum absolute atomic E-state index is 0.0235. The Morgan fingerprint density at radius 2 is 1.94 bits per heavy atom. The van der Waals surface area contributed by atoms with Crippen LogP contribution in [0.1, 0.15) is 27.4 Å². The summed E-state index contributed by atoms with van der Waals surface area (Å²) in [7, 11) is -3.97. The van der Waals surface area contributed by atoms with E-state index in [0.717, 1.165) is 0 Å². The van der Waals surface area contributed by atoms with Crippen molar-refractivity contribution < 1.29 is 22.5 Å². The van der Waals surface area contributed by atoms with Crippen LogP contribution in [0.15, 0.2) is 70.6 Å². The number of sulfonamides is 1. The third-order valence-electron chi connectivity index (χ3n) is 4.60. The first-order valence-electron chi connectivity index (χ1n) is 9.32. The number of hydrogen-bond donors (Lipinski definition) is 0. The average Bonchev–Trinajstić information content (AvgIpc) is 3.08. The minimum Gasteiger partial charge on any atom is -0.457 e. The predicted octanol–water partition coefficient (Wildman–Crippen LogP) is 4.68. The zero-order valence-corrected chi connectivity index (χ0v) is 18.6. The fraction of sp³-hybridized carbons (Fsp3) is 0.182. The molecule has 0 aliphatic carbocycles. The number of nitrogens with zero attached hydrogens (tertiary/aromatic N) is 2. The Morgan fingerprint density at radius 3 is 2.55 bits per heavy atom. The molecule has 0 N–H and O–H groups in total. The first-order chi connectivity index (χ1) is 14.7. The van der Waals surface area contributed by atoms with Gasteiger partial charge in [0.1, 0.15) is 12.4 Å². The number of ether oxygens (including phenoxy) is 1. The van der Waals surface area contributed by atoms with Crippen molar-refractivity contribution in [2.24, 2.45) is 0 Å². The number of rotatable bonds is 8. The molecule has 0 fully saturated rings. The fourth-order valence-electron chi connectivity index (χ4n) is 2.91. The van der Waals surface area contributed by atoms with Crippen molar-refractivity contribution in [1.29, 1.82) is 0 Å².